The van der Waals surface area contributed by atoms with Crippen LogP contribution in [0.15, 0.2) is 53.9 Å². The van der Waals surface area contributed by atoms with Crippen molar-refractivity contribution in [2.75, 3.05) is 5.32 Å². The van der Waals surface area contributed by atoms with Crippen molar-refractivity contribution in [2.45, 2.75) is 26.8 Å². The highest BCUT2D eigenvalue weighted by atomic mass is 32.1. The second-order valence-electron chi connectivity index (χ2n) is 6.38. The van der Waals surface area contributed by atoms with Gasteiger partial charge in [0.2, 0.25) is 5.91 Å². The number of thiazole rings is 1. The second-order valence-corrected chi connectivity index (χ2v) is 7.24. The highest BCUT2D eigenvalue weighted by Gasteiger charge is 2.20. The lowest BCUT2D eigenvalue weighted by molar-refractivity contribution is -0.114. The zero-order valence-electron chi connectivity index (χ0n) is 15.4. The molecule has 6 heteroatoms. The maximum absolute atomic E-state index is 12.8. The van der Waals surface area contributed by atoms with Crippen molar-refractivity contribution < 1.29 is 9.59 Å². The van der Waals surface area contributed by atoms with Crippen LogP contribution in [-0.2, 0) is 4.79 Å². The summed E-state index contributed by atoms with van der Waals surface area (Å²) in [4.78, 5) is 28.1. The first-order valence-electron chi connectivity index (χ1n) is 8.60. The first-order chi connectivity index (χ1) is 12.9. The van der Waals surface area contributed by atoms with Crippen LogP contribution in [0.5, 0.6) is 0 Å². The zero-order valence-corrected chi connectivity index (χ0v) is 16.3. The molecule has 0 aliphatic rings. The molecule has 0 saturated carbocycles. The molecular weight excluding hydrogens is 358 g/mol. The molecule has 2 amide bonds. The lowest BCUT2D eigenvalue weighted by Gasteiger charge is -2.20. The van der Waals surface area contributed by atoms with E-state index in [0.29, 0.717) is 5.13 Å². The van der Waals surface area contributed by atoms with Gasteiger partial charge in [-0.2, -0.15) is 0 Å². The molecule has 0 fully saturated rings. The number of anilines is 1. The first-order valence-corrected chi connectivity index (χ1v) is 9.48. The van der Waals surface area contributed by atoms with Crippen LogP contribution in [0, 0.1) is 13.8 Å². The Kier molecular flexibility index (Phi) is 5.66. The molecule has 0 radical (unpaired) electrons. The molecule has 1 unspecified atom stereocenters. The van der Waals surface area contributed by atoms with E-state index in [4.69, 9.17) is 0 Å². The van der Waals surface area contributed by atoms with E-state index in [-0.39, 0.29) is 23.6 Å². The van der Waals surface area contributed by atoms with E-state index in [9.17, 15) is 9.59 Å². The Morgan fingerprint density at radius 2 is 1.74 bits per heavy atom. The van der Waals surface area contributed by atoms with Gasteiger partial charge in [-0.15, -0.1) is 11.3 Å². The number of aryl methyl sites for hydroxylation is 2. The molecule has 1 aromatic heterocycles. The predicted octanol–water partition coefficient (Wildman–Crippen LogP) is 4.24. The van der Waals surface area contributed by atoms with Crippen LogP contribution in [0.25, 0.3) is 0 Å². The maximum Gasteiger partial charge on any atom is 0.271 e. The van der Waals surface area contributed by atoms with E-state index in [0.717, 1.165) is 11.1 Å². The van der Waals surface area contributed by atoms with Crippen LogP contribution in [-0.4, -0.2) is 16.8 Å². The normalized spacial score (nSPS) is 11.7. The van der Waals surface area contributed by atoms with E-state index in [2.05, 4.69) is 41.6 Å². The number of hydrogen-bond donors (Lipinski definition) is 2. The van der Waals surface area contributed by atoms with Gasteiger partial charge < -0.3 is 10.6 Å². The molecule has 5 nitrogen and oxygen atoms in total. The molecule has 138 valence electrons. The molecule has 0 aliphatic carbocycles. The van der Waals surface area contributed by atoms with Crippen molar-refractivity contribution in [1.82, 2.24) is 10.3 Å². The van der Waals surface area contributed by atoms with Gasteiger partial charge in [-0.1, -0.05) is 48.5 Å². The monoisotopic (exact) mass is 379 g/mol. The molecule has 1 atom stereocenters. The van der Waals surface area contributed by atoms with Crippen LogP contribution >= 0.6 is 11.3 Å². The molecule has 0 spiro atoms. The summed E-state index contributed by atoms with van der Waals surface area (Å²) >= 11 is 1.23. The second kappa shape index (κ2) is 8.14. The van der Waals surface area contributed by atoms with Crippen molar-refractivity contribution in [2.24, 2.45) is 0 Å². The molecule has 3 aromatic rings. The van der Waals surface area contributed by atoms with Crippen LogP contribution in [0.2, 0.25) is 0 Å². The molecular formula is C21H21N3O2S. The van der Waals surface area contributed by atoms with E-state index in [1.807, 2.05) is 36.4 Å². The average molecular weight is 379 g/mol. The lowest BCUT2D eigenvalue weighted by Crippen LogP contribution is -2.29. The Morgan fingerprint density at radius 3 is 2.41 bits per heavy atom. The minimum atomic E-state index is -0.288. The summed E-state index contributed by atoms with van der Waals surface area (Å²) in [6, 6.07) is 15.7. The van der Waals surface area contributed by atoms with Gasteiger partial charge in [-0.3, -0.25) is 9.59 Å². The largest absolute Gasteiger partial charge is 0.340 e. The van der Waals surface area contributed by atoms with Crippen molar-refractivity contribution in [3.8, 4) is 0 Å². The number of nitrogens with zero attached hydrogens (tertiary/aromatic N) is 1. The highest BCUT2D eigenvalue weighted by Crippen LogP contribution is 2.25. The minimum absolute atomic E-state index is 0.214. The molecule has 2 aromatic carbocycles. The van der Waals surface area contributed by atoms with Crippen LogP contribution in [0.4, 0.5) is 5.13 Å². The predicted molar refractivity (Wildman–Crippen MR) is 108 cm³/mol. The van der Waals surface area contributed by atoms with E-state index < -0.39 is 0 Å². The fourth-order valence-electron chi connectivity index (χ4n) is 2.74. The SMILES string of the molecule is CC(=O)Nc1nc(C(=O)NC(c2ccccc2)c2ccc(C)c(C)c2)cs1. The average Bonchev–Trinajstić information content (AvgIpc) is 3.10. The Morgan fingerprint density at radius 1 is 1.00 bits per heavy atom. The number of hydrogen-bond acceptors (Lipinski definition) is 4. The molecule has 3 rings (SSSR count). The summed E-state index contributed by atoms with van der Waals surface area (Å²) < 4.78 is 0. The molecule has 0 bridgehead atoms. The molecule has 2 N–H and O–H groups in total. The minimum Gasteiger partial charge on any atom is -0.340 e. The Bertz CT molecular complexity index is 967. The van der Waals surface area contributed by atoms with Crippen molar-refractivity contribution in [3.63, 3.8) is 0 Å². The number of carbonyl (C=O) groups is 2. The van der Waals surface area contributed by atoms with Gasteiger partial charge in [-0.05, 0) is 36.1 Å². The van der Waals surface area contributed by atoms with Crippen LogP contribution in [0.1, 0.15) is 45.7 Å². The number of amides is 2. The Hall–Kier alpha value is -2.99. The smallest absolute Gasteiger partial charge is 0.271 e. The van der Waals surface area contributed by atoms with E-state index in [1.54, 1.807) is 5.38 Å². The number of aromatic nitrogens is 1. The third-order valence-electron chi connectivity index (χ3n) is 4.29. The summed E-state index contributed by atoms with van der Waals surface area (Å²) in [5.41, 5.74) is 4.66. The van der Waals surface area contributed by atoms with Gasteiger partial charge in [0, 0.05) is 12.3 Å². The third kappa shape index (κ3) is 4.60. The van der Waals surface area contributed by atoms with E-state index in [1.165, 1.54) is 29.4 Å². The molecule has 0 saturated heterocycles. The highest BCUT2D eigenvalue weighted by molar-refractivity contribution is 7.14. The van der Waals surface area contributed by atoms with Gasteiger partial charge in [-0.25, -0.2) is 4.98 Å². The van der Waals surface area contributed by atoms with Gasteiger partial charge in [0.05, 0.1) is 6.04 Å². The van der Waals surface area contributed by atoms with Crippen LogP contribution in [0.3, 0.4) is 0 Å². The van der Waals surface area contributed by atoms with Gasteiger partial charge in [0.25, 0.3) is 5.91 Å². The number of nitrogens with one attached hydrogen (secondary N) is 2. The van der Waals surface area contributed by atoms with E-state index >= 15 is 0 Å². The Labute approximate surface area is 162 Å². The van der Waals surface area contributed by atoms with Gasteiger partial charge in [0.1, 0.15) is 5.69 Å². The number of carbonyl (C=O) groups excluding carboxylic acids is 2. The summed E-state index contributed by atoms with van der Waals surface area (Å²) in [6.07, 6.45) is 0. The Balaban J connectivity index is 1.89. The van der Waals surface area contributed by atoms with Crippen molar-refractivity contribution in [3.05, 3.63) is 81.9 Å². The molecule has 27 heavy (non-hydrogen) atoms. The van der Waals surface area contributed by atoms with Gasteiger partial charge >= 0.3 is 0 Å². The third-order valence-corrected chi connectivity index (χ3v) is 5.05. The quantitative estimate of drug-likeness (QED) is 0.697. The fraction of sp³-hybridized carbons (Fsp3) is 0.190. The summed E-state index contributed by atoms with van der Waals surface area (Å²) in [5, 5.41) is 7.72. The number of benzene rings is 2. The van der Waals surface area contributed by atoms with Gasteiger partial charge in [0.15, 0.2) is 5.13 Å². The topological polar surface area (TPSA) is 71.1 Å². The van der Waals surface area contributed by atoms with Crippen LogP contribution < -0.4 is 10.6 Å². The summed E-state index contributed by atoms with van der Waals surface area (Å²) in [7, 11) is 0. The fourth-order valence-corrected chi connectivity index (χ4v) is 3.48. The maximum atomic E-state index is 12.8. The molecule has 1 heterocycles. The summed E-state index contributed by atoms with van der Waals surface area (Å²) in [5.74, 6) is -0.497. The van der Waals surface area contributed by atoms with Crippen molar-refractivity contribution in [1.29, 1.82) is 0 Å². The van der Waals surface area contributed by atoms with Crippen molar-refractivity contribution >= 4 is 28.3 Å². The summed E-state index contributed by atoms with van der Waals surface area (Å²) in [6.45, 7) is 5.53. The first kappa shape index (κ1) is 18.8. The zero-order chi connectivity index (χ0) is 19.4. The standard InChI is InChI=1S/C21H21N3O2S/c1-13-9-10-17(11-14(13)2)19(16-7-5-4-6-8-16)24-20(26)18-12-27-21(23-18)22-15(3)25/h4-12,19H,1-3H3,(H,24,26)(H,22,23,25). The number of rotatable bonds is 5. The lowest BCUT2D eigenvalue weighted by atomic mass is 9.95. The molecule has 0 aliphatic heterocycles.